The molecule has 1 heteroatoms. The molecule has 0 aliphatic heterocycles. The average Bonchev–Trinajstić information content (AvgIpc) is 1.86. The van der Waals surface area contributed by atoms with E-state index < -0.39 is 0 Å². The number of allylic oxidation sites excluding steroid dienone is 4. The summed E-state index contributed by atoms with van der Waals surface area (Å²) in [6.45, 7) is 0. The fourth-order valence-electron chi connectivity index (χ4n) is 0.420. The molecule has 1 aliphatic rings. The summed E-state index contributed by atoms with van der Waals surface area (Å²) in [6, 6.07) is 0. The molecule has 6 heavy (non-hydrogen) atoms. The van der Waals surface area contributed by atoms with Crippen molar-refractivity contribution in [2.45, 2.75) is 3.63 Å². The molecular formula is C5H5Bi. The normalized spacial score (nSPS) is 20.2. The van der Waals surface area contributed by atoms with E-state index in [1.165, 1.54) is 24.7 Å². The van der Waals surface area contributed by atoms with Gasteiger partial charge in [-0.05, 0) is 0 Å². The van der Waals surface area contributed by atoms with Crippen LogP contribution in [0.25, 0.3) is 0 Å². The standard InChI is InChI=1S/C5H5.Bi/c1-2-4-5-3-1;/h1-5H;. The monoisotopic (exact) mass is 274 g/mol. The number of hydrogen-bond donors (Lipinski definition) is 0. The van der Waals surface area contributed by atoms with Crippen LogP contribution < -0.4 is 0 Å². The van der Waals surface area contributed by atoms with Crippen LogP contribution in [0, 0.1) is 0 Å². The molecule has 0 saturated heterocycles. The van der Waals surface area contributed by atoms with Crippen LogP contribution in [-0.2, 0) is 0 Å². The molecule has 0 heterocycles. The Kier molecular flexibility index (Phi) is 1.42. The van der Waals surface area contributed by atoms with Crippen molar-refractivity contribution in [2.24, 2.45) is 0 Å². The molecule has 0 nitrogen and oxygen atoms in total. The summed E-state index contributed by atoms with van der Waals surface area (Å²) in [4.78, 5) is 0. The van der Waals surface area contributed by atoms with Gasteiger partial charge in [-0.1, -0.05) is 0 Å². The Balaban J connectivity index is 2.60. The third kappa shape index (κ3) is 0.910. The van der Waals surface area contributed by atoms with Gasteiger partial charge in [-0.3, -0.25) is 0 Å². The van der Waals surface area contributed by atoms with E-state index in [-0.39, 0.29) is 0 Å². The zero-order valence-corrected chi connectivity index (χ0v) is 6.81. The molecule has 2 radical (unpaired) electrons. The Morgan fingerprint density at radius 1 is 1.17 bits per heavy atom. The number of hydrogen-bond acceptors (Lipinski definition) is 0. The zero-order valence-electron chi connectivity index (χ0n) is 3.33. The van der Waals surface area contributed by atoms with Gasteiger partial charge in [-0.25, -0.2) is 0 Å². The van der Waals surface area contributed by atoms with Gasteiger partial charge >= 0.3 is 52.6 Å². The molecule has 0 fully saturated rings. The Labute approximate surface area is 52.8 Å². The first kappa shape index (κ1) is 4.52. The van der Waals surface area contributed by atoms with Crippen molar-refractivity contribution in [3.05, 3.63) is 24.3 Å². The first-order chi connectivity index (χ1) is 2.89. The molecule has 0 aromatic carbocycles. The third-order valence-electron chi connectivity index (χ3n) is 0.728. The van der Waals surface area contributed by atoms with E-state index in [9.17, 15) is 0 Å². The van der Waals surface area contributed by atoms with Crippen molar-refractivity contribution in [1.29, 1.82) is 0 Å². The minimum absolute atomic E-state index is 0.796. The van der Waals surface area contributed by atoms with Gasteiger partial charge in [0.25, 0.3) is 0 Å². The van der Waals surface area contributed by atoms with E-state index in [1.54, 1.807) is 0 Å². The summed E-state index contributed by atoms with van der Waals surface area (Å²) < 4.78 is 0.796. The minimum atomic E-state index is 0.796. The summed E-state index contributed by atoms with van der Waals surface area (Å²) in [5.74, 6) is 0. The Morgan fingerprint density at radius 3 is 1.83 bits per heavy atom. The Morgan fingerprint density at radius 2 is 1.67 bits per heavy atom. The molecule has 0 atom stereocenters. The van der Waals surface area contributed by atoms with Crippen LogP contribution in [0.5, 0.6) is 0 Å². The predicted octanol–water partition coefficient (Wildman–Crippen LogP) is 1.07. The van der Waals surface area contributed by atoms with E-state index in [0.29, 0.717) is 0 Å². The van der Waals surface area contributed by atoms with Crippen LogP contribution in [0.4, 0.5) is 0 Å². The van der Waals surface area contributed by atoms with E-state index in [2.05, 4.69) is 24.3 Å². The maximum absolute atomic E-state index is 2.22. The van der Waals surface area contributed by atoms with Gasteiger partial charge < -0.3 is 0 Å². The molecule has 0 N–H and O–H groups in total. The summed E-state index contributed by atoms with van der Waals surface area (Å²) in [6.07, 6.45) is 8.64. The summed E-state index contributed by atoms with van der Waals surface area (Å²) in [5.41, 5.74) is 0. The third-order valence-corrected chi connectivity index (χ3v) is 2.07. The summed E-state index contributed by atoms with van der Waals surface area (Å²) >= 11 is 1.46. The molecule has 0 unspecified atom stereocenters. The fraction of sp³-hybridized carbons (Fsp3) is 0.200. The van der Waals surface area contributed by atoms with Crippen molar-refractivity contribution in [3.8, 4) is 0 Å². The van der Waals surface area contributed by atoms with Crippen LogP contribution in [0.1, 0.15) is 0 Å². The Hall–Kier alpha value is 0.363. The first-order valence-electron chi connectivity index (χ1n) is 1.92. The van der Waals surface area contributed by atoms with Crippen LogP contribution in [0.15, 0.2) is 24.3 Å². The average molecular weight is 274 g/mol. The molecule has 0 saturated carbocycles. The van der Waals surface area contributed by atoms with Crippen LogP contribution in [0.2, 0.25) is 3.63 Å². The summed E-state index contributed by atoms with van der Waals surface area (Å²) in [7, 11) is 0. The number of rotatable bonds is 0. The van der Waals surface area contributed by atoms with Crippen molar-refractivity contribution in [3.63, 3.8) is 0 Å². The second-order valence-corrected chi connectivity index (χ2v) is 3.58. The van der Waals surface area contributed by atoms with Gasteiger partial charge in [0.1, 0.15) is 0 Å². The van der Waals surface area contributed by atoms with Crippen molar-refractivity contribution >= 4 is 24.7 Å². The quantitative estimate of drug-likeness (QED) is 0.580. The SMILES string of the molecule is [Bi][CH]1C=CC=C1. The van der Waals surface area contributed by atoms with Crippen LogP contribution >= 0.6 is 0 Å². The molecule has 0 aromatic heterocycles. The van der Waals surface area contributed by atoms with E-state index >= 15 is 0 Å². The molecule has 0 spiro atoms. The van der Waals surface area contributed by atoms with Crippen LogP contribution in [0.3, 0.4) is 0 Å². The molecule has 30 valence electrons. The van der Waals surface area contributed by atoms with E-state index in [1.807, 2.05) is 0 Å². The Bertz CT molecular complexity index is 80.1. The van der Waals surface area contributed by atoms with E-state index in [4.69, 9.17) is 0 Å². The molecule has 1 aliphatic carbocycles. The second-order valence-electron chi connectivity index (χ2n) is 1.26. The molecule has 0 amide bonds. The second kappa shape index (κ2) is 1.88. The van der Waals surface area contributed by atoms with Gasteiger partial charge in [-0.15, -0.1) is 0 Å². The first-order valence-corrected chi connectivity index (χ1v) is 3.93. The maximum atomic E-state index is 2.22. The van der Waals surface area contributed by atoms with Crippen molar-refractivity contribution in [2.75, 3.05) is 0 Å². The predicted molar refractivity (Wildman–Crippen MR) is 27.8 cm³/mol. The van der Waals surface area contributed by atoms with E-state index in [0.717, 1.165) is 3.63 Å². The molecular weight excluding hydrogens is 269 g/mol. The molecule has 1 rings (SSSR count). The van der Waals surface area contributed by atoms with Crippen LogP contribution in [-0.4, -0.2) is 24.7 Å². The van der Waals surface area contributed by atoms with Gasteiger partial charge in [-0.2, -0.15) is 0 Å². The fourth-order valence-corrected chi connectivity index (χ4v) is 1.19. The topological polar surface area (TPSA) is 0 Å². The van der Waals surface area contributed by atoms with Crippen molar-refractivity contribution in [1.82, 2.24) is 0 Å². The van der Waals surface area contributed by atoms with Crippen molar-refractivity contribution < 1.29 is 0 Å². The summed E-state index contributed by atoms with van der Waals surface area (Å²) in [5, 5.41) is 0. The molecule has 0 aromatic rings. The molecule has 0 bridgehead atoms. The van der Waals surface area contributed by atoms with Gasteiger partial charge in [0.15, 0.2) is 0 Å². The zero-order chi connectivity index (χ0) is 4.41. The van der Waals surface area contributed by atoms with Gasteiger partial charge in [0, 0.05) is 0 Å². The van der Waals surface area contributed by atoms with Gasteiger partial charge in [0.2, 0.25) is 0 Å². The van der Waals surface area contributed by atoms with Gasteiger partial charge in [0.05, 0.1) is 0 Å².